The molecule has 8 nitrogen and oxygen atoms in total. The number of ether oxygens (including phenoxy) is 1. The van der Waals surface area contributed by atoms with Gasteiger partial charge < -0.3 is 10.1 Å². The second-order valence-corrected chi connectivity index (χ2v) is 9.79. The molecule has 1 aliphatic rings. The van der Waals surface area contributed by atoms with E-state index in [0.29, 0.717) is 36.7 Å². The van der Waals surface area contributed by atoms with Crippen LogP contribution in [0.4, 0.5) is 5.00 Å². The van der Waals surface area contributed by atoms with E-state index in [-0.39, 0.29) is 19.1 Å². The van der Waals surface area contributed by atoms with Crippen LogP contribution in [-0.4, -0.2) is 75.1 Å². The molecule has 0 spiro atoms. The number of hydrogen-bond acceptors (Lipinski definition) is 7. The van der Waals surface area contributed by atoms with Gasteiger partial charge in [-0.2, -0.15) is 4.31 Å². The average Bonchev–Trinajstić information content (AvgIpc) is 3.12. The number of carbonyl (C=O) groups is 2. The van der Waals surface area contributed by atoms with Gasteiger partial charge in [-0.05, 0) is 12.5 Å². The maximum atomic E-state index is 12.6. The van der Waals surface area contributed by atoms with E-state index in [2.05, 4.69) is 5.32 Å². The zero-order valence-corrected chi connectivity index (χ0v) is 18.6. The molecule has 0 radical (unpaired) electrons. The number of thiophene rings is 1. The molecule has 1 aliphatic heterocycles. The van der Waals surface area contributed by atoms with Crippen molar-refractivity contribution >= 4 is 38.2 Å². The van der Waals surface area contributed by atoms with Crippen molar-refractivity contribution in [2.75, 3.05) is 50.9 Å². The average molecular weight is 452 g/mol. The summed E-state index contributed by atoms with van der Waals surface area (Å²) in [4.78, 5) is 27.1. The second-order valence-electron chi connectivity index (χ2n) is 6.93. The molecule has 0 bridgehead atoms. The number of benzene rings is 1. The molecule has 2 aromatic rings. The van der Waals surface area contributed by atoms with Crippen LogP contribution in [0.3, 0.4) is 0 Å². The zero-order valence-electron chi connectivity index (χ0n) is 17.0. The minimum Gasteiger partial charge on any atom is -0.462 e. The lowest BCUT2D eigenvalue weighted by atomic mass is 10.0. The first-order valence-corrected chi connectivity index (χ1v) is 12.3. The fourth-order valence-corrected chi connectivity index (χ4v) is 5.07. The van der Waals surface area contributed by atoms with Gasteiger partial charge in [-0.1, -0.05) is 30.3 Å². The third kappa shape index (κ3) is 5.45. The van der Waals surface area contributed by atoms with E-state index in [1.165, 1.54) is 21.9 Å². The van der Waals surface area contributed by atoms with Crippen molar-refractivity contribution in [3.8, 4) is 11.1 Å². The highest BCUT2D eigenvalue weighted by Crippen LogP contribution is 2.36. The smallest absolute Gasteiger partial charge is 0.341 e. The number of nitrogens with zero attached hydrogens (tertiary/aromatic N) is 2. The molecule has 1 aromatic carbocycles. The molecule has 30 heavy (non-hydrogen) atoms. The minimum absolute atomic E-state index is 0.123. The molecule has 162 valence electrons. The Bertz CT molecular complexity index is 997. The van der Waals surface area contributed by atoms with Gasteiger partial charge in [-0.25, -0.2) is 13.2 Å². The van der Waals surface area contributed by atoms with E-state index in [9.17, 15) is 18.0 Å². The summed E-state index contributed by atoms with van der Waals surface area (Å²) in [7, 11) is -3.21. The van der Waals surface area contributed by atoms with Gasteiger partial charge in [0, 0.05) is 37.1 Å². The lowest BCUT2D eigenvalue weighted by Gasteiger charge is -2.32. The van der Waals surface area contributed by atoms with Gasteiger partial charge in [0.25, 0.3) is 0 Å². The second kappa shape index (κ2) is 9.69. The monoisotopic (exact) mass is 451 g/mol. The van der Waals surface area contributed by atoms with Crippen LogP contribution in [0.5, 0.6) is 0 Å². The van der Waals surface area contributed by atoms with Gasteiger partial charge in [0.15, 0.2) is 0 Å². The van der Waals surface area contributed by atoms with E-state index >= 15 is 0 Å². The van der Waals surface area contributed by atoms with Crippen molar-refractivity contribution in [3.63, 3.8) is 0 Å². The van der Waals surface area contributed by atoms with Crippen LogP contribution in [0, 0.1) is 0 Å². The maximum Gasteiger partial charge on any atom is 0.341 e. The van der Waals surface area contributed by atoms with E-state index in [4.69, 9.17) is 4.74 Å². The van der Waals surface area contributed by atoms with Gasteiger partial charge in [0.05, 0.1) is 19.4 Å². The van der Waals surface area contributed by atoms with Crippen molar-refractivity contribution in [3.05, 3.63) is 41.3 Å². The van der Waals surface area contributed by atoms with Crippen LogP contribution in [0.2, 0.25) is 0 Å². The number of esters is 1. The van der Waals surface area contributed by atoms with E-state index in [1.54, 1.807) is 6.92 Å². The number of carbonyl (C=O) groups excluding carboxylic acids is 2. The Balaban J connectivity index is 1.71. The predicted octanol–water partition coefficient (Wildman–Crippen LogP) is 2.11. The molecule has 0 saturated carbocycles. The Labute approximate surface area is 180 Å². The summed E-state index contributed by atoms with van der Waals surface area (Å²) >= 11 is 1.28. The van der Waals surface area contributed by atoms with Crippen LogP contribution in [0.1, 0.15) is 17.3 Å². The lowest BCUT2D eigenvalue weighted by molar-refractivity contribution is -0.117. The number of piperazine rings is 1. The van der Waals surface area contributed by atoms with Crippen molar-refractivity contribution < 1.29 is 22.7 Å². The highest BCUT2D eigenvalue weighted by molar-refractivity contribution is 7.88. The van der Waals surface area contributed by atoms with Crippen LogP contribution >= 0.6 is 11.3 Å². The van der Waals surface area contributed by atoms with E-state index < -0.39 is 16.0 Å². The molecule has 10 heteroatoms. The first kappa shape index (κ1) is 22.4. The molecule has 0 unspecified atom stereocenters. The maximum absolute atomic E-state index is 12.6. The van der Waals surface area contributed by atoms with Crippen LogP contribution in [0.25, 0.3) is 11.1 Å². The summed E-state index contributed by atoms with van der Waals surface area (Å²) in [5, 5.41) is 5.12. The summed E-state index contributed by atoms with van der Waals surface area (Å²) in [6.07, 6.45) is 1.19. The topological polar surface area (TPSA) is 96.0 Å². The highest BCUT2D eigenvalue weighted by atomic mass is 32.2. The standard InChI is InChI=1S/C20H25N3O5S2/c1-3-28-20(25)18-16(15-7-5-4-6-8-15)14-29-19(18)21-17(24)13-22-9-11-23(12-10-22)30(2,26)27/h4-8,14H,3,9-13H2,1-2H3,(H,21,24). The lowest BCUT2D eigenvalue weighted by Crippen LogP contribution is -2.50. The third-order valence-electron chi connectivity index (χ3n) is 4.78. The third-order valence-corrected chi connectivity index (χ3v) is 6.97. The molecular formula is C20H25N3O5S2. The quantitative estimate of drug-likeness (QED) is 0.648. The summed E-state index contributed by atoms with van der Waals surface area (Å²) in [6, 6.07) is 9.47. The molecule has 3 rings (SSSR count). The Morgan fingerprint density at radius 1 is 1.13 bits per heavy atom. The molecule has 2 heterocycles. The Morgan fingerprint density at radius 2 is 1.80 bits per heavy atom. The first-order chi connectivity index (χ1) is 14.3. The van der Waals surface area contributed by atoms with E-state index in [0.717, 1.165) is 11.1 Å². The fourth-order valence-electron chi connectivity index (χ4n) is 3.27. The van der Waals surface area contributed by atoms with Crippen molar-refractivity contribution in [1.82, 2.24) is 9.21 Å². The van der Waals surface area contributed by atoms with Gasteiger partial charge >= 0.3 is 5.97 Å². The normalized spacial score (nSPS) is 15.7. The molecule has 1 amide bonds. The minimum atomic E-state index is -3.21. The molecule has 1 aromatic heterocycles. The van der Waals surface area contributed by atoms with Gasteiger partial charge in [-0.15, -0.1) is 11.3 Å². The van der Waals surface area contributed by atoms with Gasteiger partial charge in [0.2, 0.25) is 15.9 Å². The summed E-state index contributed by atoms with van der Waals surface area (Å²) in [6.45, 7) is 3.77. The highest BCUT2D eigenvalue weighted by Gasteiger charge is 2.26. The van der Waals surface area contributed by atoms with Crippen LogP contribution in [0.15, 0.2) is 35.7 Å². The Hall–Kier alpha value is -2.27. The van der Waals surface area contributed by atoms with Gasteiger partial charge in [-0.3, -0.25) is 9.69 Å². The number of hydrogen-bond donors (Lipinski definition) is 1. The number of sulfonamides is 1. The molecular weight excluding hydrogens is 426 g/mol. The number of amides is 1. The number of nitrogens with one attached hydrogen (secondary N) is 1. The molecule has 1 saturated heterocycles. The molecule has 1 fully saturated rings. The van der Waals surface area contributed by atoms with Crippen molar-refractivity contribution in [1.29, 1.82) is 0 Å². The number of anilines is 1. The number of rotatable bonds is 7. The fraction of sp³-hybridized carbons (Fsp3) is 0.400. The van der Waals surface area contributed by atoms with Crippen molar-refractivity contribution in [2.24, 2.45) is 0 Å². The SMILES string of the molecule is CCOC(=O)c1c(-c2ccccc2)csc1NC(=O)CN1CCN(S(C)(=O)=O)CC1. The van der Waals surface area contributed by atoms with Gasteiger partial charge in [0.1, 0.15) is 10.6 Å². The summed E-state index contributed by atoms with van der Waals surface area (Å²) < 4.78 is 29.8. The molecule has 0 atom stereocenters. The molecule has 0 aliphatic carbocycles. The predicted molar refractivity (Wildman–Crippen MR) is 117 cm³/mol. The Kier molecular flexibility index (Phi) is 7.24. The van der Waals surface area contributed by atoms with Crippen LogP contribution < -0.4 is 5.32 Å². The van der Waals surface area contributed by atoms with Crippen LogP contribution in [-0.2, 0) is 19.6 Å². The zero-order chi connectivity index (χ0) is 21.7. The van der Waals surface area contributed by atoms with E-state index in [1.807, 2.05) is 40.6 Å². The summed E-state index contributed by atoms with van der Waals surface area (Å²) in [5.41, 5.74) is 1.94. The first-order valence-electron chi connectivity index (χ1n) is 9.61. The summed E-state index contributed by atoms with van der Waals surface area (Å²) in [5.74, 6) is -0.732. The molecule has 1 N–H and O–H groups in total. The van der Waals surface area contributed by atoms with Crippen molar-refractivity contribution in [2.45, 2.75) is 6.92 Å². The Morgan fingerprint density at radius 3 is 2.40 bits per heavy atom. The largest absolute Gasteiger partial charge is 0.462 e.